The minimum absolute atomic E-state index is 0.0480. The predicted octanol–water partition coefficient (Wildman–Crippen LogP) is 3.50. The van der Waals surface area contributed by atoms with Gasteiger partial charge in [0.1, 0.15) is 23.8 Å². The lowest BCUT2D eigenvalue weighted by molar-refractivity contribution is 0.00884. The number of nitrogens with zero attached hydrogens (tertiary/aromatic N) is 2. The number of rotatable bonds is 6. The summed E-state index contributed by atoms with van der Waals surface area (Å²) in [7, 11) is 0. The summed E-state index contributed by atoms with van der Waals surface area (Å²) in [6.07, 6.45) is 2.29. The lowest BCUT2D eigenvalue weighted by Gasteiger charge is -2.51. The summed E-state index contributed by atoms with van der Waals surface area (Å²) in [5.74, 6) is -1.94. The molecule has 190 valence electrons. The molecule has 9 heteroatoms. The van der Waals surface area contributed by atoms with Gasteiger partial charge >= 0.3 is 0 Å². The lowest BCUT2D eigenvalue weighted by Crippen LogP contribution is -2.60. The molecule has 7 rings (SSSR count). The van der Waals surface area contributed by atoms with Crippen LogP contribution in [-0.2, 0) is 19.7 Å². The quantitative estimate of drug-likeness (QED) is 0.556. The third-order valence-corrected chi connectivity index (χ3v) is 8.18. The second kappa shape index (κ2) is 8.54. The Hall–Kier alpha value is -4.01. The van der Waals surface area contributed by atoms with Crippen LogP contribution in [0.15, 0.2) is 59.5 Å². The van der Waals surface area contributed by atoms with Crippen LogP contribution >= 0.6 is 0 Å². The van der Waals surface area contributed by atoms with E-state index in [1.54, 1.807) is 4.57 Å². The number of nitrogens with one attached hydrogen (secondary N) is 1. The van der Waals surface area contributed by atoms with Gasteiger partial charge in [-0.2, -0.15) is 0 Å². The van der Waals surface area contributed by atoms with Gasteiger partial charge in [0, 0.05) is 37.5 Å². The van der Waals surface area contributed by atoms with Crippen molar-refractivity contribution in [3.05, 3.63) is 99.0 Å². The molecule has 2 aromatic carbocycles. The van der Waals surface area contributed by atoms with Gasteiger partial charge in [0.25, 0.3) is 11.8 Å². The Morgan fingerprint density at radius 1 is 1.16 bits per heavy atom. The van der Waals surface area contributed by atoms with E-state index in [1.807, 2.05) is 35.2 Å². The Morgan fingerprint density at radius 3 is 2.68 bits per heavy atom. The average molecular weight is 506 g/mol. The minimum Gasteiger partial charge on any atom is -0.483 e. The number of hydrogen-bond acceptors (Lipinski definition) is 4. The lowest BCUT2D eigenvalue weighted by atomic mass is 9.63. The van der Waals surface area contributed by atoms with Crippen molar-refractivity contribution in [3.8, 4) is 5.75 Å². The van der Waals surface area contributed by atoms with E-state index in [4.69, 9.17) is 4.74 Å². The predicted molar refractivity (Wildman–Crippen MR) is 130 cm³/mol. The first kappa shape index (κ1) is 23.4. The molecular weight excluding hydrogens is 480 g/mol. The van der Waals surface area contributed by atoms with Crippen molar-refractivity contribution in [2.24, 2.45) is 11.8 Å². The Balaban J connectivity index is 1.37. The number of carbonyl (C=O) groups is 2. The van der Waals surface area contributed by atoms with Crippen LogP contribution in [-0.4, -0.2) is 33.4 Å². The van der Waals surface area contributed by atoms with Crippen molar-refractivity contribution in [2.45, 2.75) is 38.6 Å². The molecule has 7 nitrogen and oxygen atoms in total. The summed E-state index contributed by atoms with van der Waals surface area (Å²) in [6, 6.07) is 12.3. The number of fused-ring (bicyclic) bond motifs is 1. The zero-order chi connectivity index (χ0) is 25.9. The molecule has 3 aliphatic heterocycles. The number of benzene rings is 2. The van der Waals surface area contributed by atoms with Gasteiger partial charge in [-0.3, -0.25) is 14.4 Å². The average Bonchev–Trinajstić information content (AvgIpc) is 3.42. The summed E-state index contributed by atoms with van der Waals surface area (Å²) < 4.78 is 34.9. The standard InChI is InChI=1S/C28H25F2N3O4/c1-16-19-10-28(16)15-32-13-21(26(35)31-11-18-7-8-20(29)9-22(18)30)24(34)25(23(32)27(36)33(28)12-19)37-14-17-5-3-2-4-6-17/h2-9,13,16,19H,10-12,14-15H2,1H3,(H,31,35)/t16-,19+,28-/m1/s1. The zero-order valence-electron chi connectivity index (χ0n) is 20.2. The van der Waals surface area contributed by atoms with E-state index >= 15 is 0 Å². The molecule has 2 saturated heterocycles. The Labute approximate surface area is 211 Å². The van der Waals surface area contributed by atoms with E-state index in [-0.39, 0.29) is 47.2 Å². The largest absolute Gasteiger partial charge is 0.483 e. The van der Waals surface area contributed by atoms with Crippen molar-refractivity contribution in [1.82, 2.24) is 14.8 Å². The van der Waals surface area contributed by atoms with Crippen LogP contribution in [0.1, 0.15) is 45.3 Å². The second-order valence-corrected chi connectivity index (χ2v) is 10.1. The van der Waals surface area contributed by atoms with E-state index in [9.17, 15) is 23.2 Å². The number of aromatic nitrogens is 1. The first-order valence-electron chi connectivity index (χ1n) is 12.3. The molecule has 37 heavy (non-hydrogen) atoms. The summed E-state index contributed by atoms with van der Waals surface area (Å²) in [4.78, 5) is 42.1. The molecule has 1 spiro atoms. The maximum absolute atomic E-state index is 14.1. The molecule has 1 aliphatic carbocycles. The summed E-state index contributed by atoms with van der Waals surface area (Å²) >= 11 is 0. The fourth-order valence-electron chi connectivity index (χ4n) is 6.04. The van der Waals surface area contributed by atoms with E-state index in [0.29, 0.717) is 24.9 Å². The topological polar surface area (TPSA) is 80.6 Å². The maximum atomic E-state index is 14.1. The first-order chi connectivity index (χ1) is 17.8. The monoisotopic (exact) mass is 505 g/mol. The van der Waals surface area contributed by atoms with Crippen molar-refractivity contribution in [1.29, 1.82) is 0 Å². The highest BCUT2D eigenvalue weighted by Crippen LogP contribution is 2.58. The van der Waals surface area contributed by atoms with Crippen molar-refractivity contribution in [3.63, 3.8) is 0 Å². The first-order valence-corrected chi connectivity index (χ1v) is 12.3. The molecule has 3 fully saturated rings. The zero-order valence-corrected chi connectivity index (χ0v) is 20.2. The van der Waals surface area contributed by atoms with Crippen LogP contribution in [0.25, 0.3) is 0 Å². The summed E-state index contributed by atoms with van der Waals surface area (Å²) in [6.45, 7) is 3.05. The van der Waals surface area contributed by atoms with Gasteiger partial charge in [0.05, 0.1) is 5.54 Å². The van der Waals surface area contributed by atoms with Gasteiger partial charge in [-0.25, -0.2) is 8.78 Å². The molecule has 2 amide bonds. The van der Waals surface area contributed by atoms with Crippen molar-refractivity contribution < 1.29 is 23.1 Å². The fourth-order valence-corrected chi connectivity index (χ4v) is 6.04. The van der Waals surface area contributed by atoms with Crippen LogP contribution < -0.4 is 15.5 Å². The molecule has 0 unspecified atom stereocenters. The number of halogens is 2. The summed E-state index contributed by atoms with van der Waals surface area (Å²) in [5.41, 5.74) is -0.201. The molecule has 4 heterocycles. The highest BCUT2D eigenvalue weighted by molar-refractivity contribution is 6.00. The number of amides is 2. The van der Waals surface area contributed by atoms with Gasteiger partial charge in [-0.05, 0) is 29.9 Å². The molecule has 2 bridgehead atoms. The number of ether oxygens (including phenoxy) is 1. The fraction of sp³-hybridized carbons (Fsp3) is 0.321. The van der Waals surface area contributed by atoms with Crippen LogP contribution in [0.4, 0.5) is 8.78 Å². The molecule has 3 aromatic rings. The van der Waals surface area contributed by atoms with Gasteiger partial charge < -0.3 is 19.5 Å². The molecule has 0 radical (unpaired) electrons. The normalized spacial score (nSPS) is 23.2. The van der Waals surface area contributed by atoms with E-state index < -0.39 is 23.0 Å². The van der Waals surface area contributed by atoms with Gasteiger partial charge in [-0.15, -0.1) is 0 Å². The highest BCUT2D eigenvalue weighted by Gasteiger charge is 2.65. The minimum atomic E-state index is -0.797. The molecule has 1 saturated carbocycles. The van der Waals surface area contributed by atoms with Crippen LogP contribution in [0.3, 0.4) is 0 Å². The van der Waals surface area contributed by atoms with E-state index in [2.05, 4.69) is 12.2 Å². The van der Waals surface area contributed by atoms with Gasteiger partial charge in [0.2, 0.25) is 5.43 Å². The summed E-state index contributed by atoms with van der Waals surface area (Å²) in [5, 5.41) is 2.54. The second-order valence-electron chi connectivity index (χ2n) is 10.1. The third-order valence-electron chi connectivity index (χ3n) is 8.18. The molecular formula is C28H25F2N3O4. The van der Waals surface area contributed by atoms with Crippen molar-refractivity contribution in [2.75, 3.05) is 6.54 Å². The number of pyridine rings is 1. The van der Waals surface area contributed by atoms with Crippen molar-refractivity contribution >= 4 is 11.8 Å². The Morgan fingerprint density at radius 2 is 1.95 bits per heavy atom. The number of hydrogen-bond donors (Lipinski definition) is 1. The van der Waals surface area contributed by atoms with Crippen LogP contribution in [0.5, 0.6) is 5.75 Å². The number of carbonyl (C=O) groups excluding carboxylic acids is 2. The van der Waals surface area contributed by atoms with Gasteiger partial charge in [0.15, 0.2) is 11.4 Å². The highest BCUT2D eigenvalue weighted by atomic mass is 19.1. The van der Waals surface area contributed by atoms with Crippen LogP contribution in [0.2, 0.25) is 0 Å². The Kier molecular flexibility index (Phi) is 5.40. The maximum Gasteiger partial charge on any atom is 0.275 e. The molecule has 1 aromatic heterocycles. The SMILES string of the molecule is C[C@@H]1[C@@H]2CN3C(=O)c4c(OCc5ccccc5)c(=O)c(C(=O)NCc5ccc(F)cc5F)cn4C[C@]13C2. The smallest absolute Gasteiger partial charge is 0.275 e. The van der Waals surface area contributed by atoms with Crippen LogP contribution in [0, 0.1) is 23.5 Å². The van der Waals surface area contributed by atoms with E-state index in [1.165, 1.54) is 12.3 Å². The Bertz CT molecular complexity index is 1490. The third kappa shape index (κ3) is 3.63. The molecule has 3 atom stereocenters. The van der Waals surface area contributed by atoms with E-state index in [0.717, 1.165) is 24.1 Å². The molecule has 1 N–H and O–H groups in total. The molecule has 4 aliphatic rings. The van der Waals surface area contributed by atoms with Gasteiger partial charge in [-0.1, -0.05) is 43.3 Å².